The van der Waals surface area contributed by atoms with Gasteiger partial charge in [-0.2, -0.15) is 0 Å². The summed E-state index contributed by atoms with van der Waals surface area (Å²) >= 11 is 0. The molecule has 0 spiro atoms. The van der Waals surface area contributed by atoms with E-state index in [2.05, 4.69) is 15.0 Å². The lowest BCUT2D eigenvalue weighted by atomic mass is 9.98. The molecule has 1 N–H and O–H groups in total. The number of rotatable bonds is 3. The summed E-state index contributed by atoms with van der Waals surface area (Å²) in [5.74, 6) is -0.300. The number of piperidine rings is 1. The molecule has 2 unspecified atom stereocenters. The van der Waals surface area contributed by atoms with Gasteiger partial charge in [-0.1, -0.05) is 0 Å². The van der Waals surface area contributed by atoms with Gasteiger partial charge in [0, 0.05) is 30.9 Å². The normalized spacial score (nSPS) is 30.3. The molecule has 0 radical (unpaired) electrons. The molecule has 0 saturated carbocycles. The maximum atomic E-state index is 10.9. The van der Waals surface area contributed by atoms with E-state index in [0.717, 1.165) is 6.04 Å². The van der Waals surface area contributed by atoms with Crippen LogP contribution < -0.4 is 5.32 Å². The number of hydrogen-bond donors (Lipinski definition) is 1. The highest BCUT2D eigenvalue weighted by atomic mass is 16.5. The second-order valence-electron chi connectivity index (χ2n) is 4.58. The Morgan fingerprint density at radius 2 is 2.31 bits per heavy atom. The molecule has 2 rings (SSSR count). The molecule has 4 nitrogen and oxygen atoms in total. The fraction of sp³-hybridized carbons (Fsp3) is 0.750. The van der Waals surface area contributed by atoms with Gasteiger partial charge in [-0.15, -0.1) is 0 Å². The van der Waals surface area contributed by atoms with Gasteiger partial charge >= 0.3 is 5.97 Å². The van der Waals surface area contributed by atoms with E-state index in [1.165, 1.54) is 52.0 Å². The van der Waals surface area contributed by atoms with Gasteiger partial charge in [0.15, 0.2) is 0 Å². The van der Waals surface area contributed by atoms with Crippen LogP contribution in [-0.4, -0.2) is 43.2 Å². The molecular formula is C12H20N2O2. The Bertz CT molecular complexity index is 278. The Balaban J connectivity index is 1.75. The number of esters is 1. The van der Waals surface area contributed by atoms with E-state index in [-0.39, 0.29) is 5.97 Å². The molecule has 2 fully saturated rings. The minimum atomic E-state index is -0.300. The summed E-state index contributed by atoms with van der Waals surface area (Å²) in [5, 5.41) is 3.29. The average molecular weight is 224 g/mol. The van der Waals surface area contributed by atoms with E-state index >= 15 is 0 Å². The Kier molecular flexibility index (Phi) is 3.83. The Morgan fingerprint density at radius 1 is 1.44 bits per heavy atom. The number of nitrogens with one attached hydrogen (secondary N) is 1. The minimum Gasteiger partial charge on any atom is -0.466 e. The van der Waals surface area contributed by atoms with Crippen LogP contribution in [0, 0.1) is 0 Å². The smallest absolute Gasteiger partial charge is 0.331 e. The zero-order valence-electron chi connectivity index (χ0n) is 9.82. The molecule has 2 atom stereocenters. The van der Waals surface area contributed by atoms with Gasteiger partial charge in [0.1, 0.15) is 0 Å². The van der Waals surface area contributed by atoms with Crippen molar-refractivity contribution in [3.8, 4) is 0 Å². The zero-order chi connectivity index (χ0) is 11.4. The van der Waals surface area contributed by atoms with Crippen molar-refractivity contribution in [2.45, 2.75) is 37.8 Å². The lowest BCUT2D eigenvalue weighted by molar-refractivity contribution is -0.134. The Labute approximate surface area is 96.6 Å². The van der Waals surface area contributed by atoms with Crippen LogP contribution in [0.4, 0.5) is 0 Å². The SMILES string of the molecule is COC(=O)/C=C/NC1CCN2CCCC2C1. The van der Waals surface area contributed by atoms with Gasteiger partial charge in [0.2, 0.25) is 0 Å². The molecule has 0 amide bonds. The first kappa shape index (κ1) is 11.5. The average Bonchev–Trinajstić information content (AvgIpc) is 2.76. The molecule has 0 aromatic heterocycles. The molecule has 16 heavy (non-hydrogen) atoms. The van der Waals surface area contributed by atoms with Crippen molar-refractivity contribution in [1.29, 1.82) is 0 Å². The largest absolute Gasteiger partial charge is 0.466 e. The fourth-order valence-corrected chi connectivity index (χ4v) is 2.70. The predicted molar refractivity (Wildman–Crippen MR) is 61.9 cm³/mol. The van der Waals surface area contributed by atoms with Gasteiger partial charge in [-0.3, -0.25) is 0 Å². The summed E-state index contributed by atoms with van der Waals surface area (Å²) in [6.45, 7) is 2.46. The van der Waals surface area contributed by atoms with Crippen LogP contribution in [0.5, 0.6) is 0 Å². The maximum Gasteiger partial charge on any atom is 0.331 e. The van der Waals surface area contributed by atoms with Gasteiger partial charge in [0.05, 0.1) is 7.11 Å². The molecule has 2 aliphatic rings. The summed E-state index contributed by atoms with van der Waals surface area (Å²) in [6.07, 6.45) is 8.21. The molecule has 0 aromatic carbocycles. The molecule has 2 heterocycles. The van der Waals surface area contributed by atoms with E-state index in [1.807, 2.05) is 0 Å². The number of fused-ring (bicyclic) bond motifs is 1. The first-order chi connectivity index (χ1) is 7.79. The van der Waals surface area contributed by atoms with E-state index in [1.54, 1.807) is 6.20 Å². The molecule has 2 saturated heterocycles. The molecule has 4 heteroatoms. The molecule has 0 aromatic rings. The highest BCUT2D eigenvalue weighted by Gasteiger charge is 2.30. The van der Waals surface area contributed by atoms with Crippen molar-refractivity contribution in [2.75, 3.05) is 20.2 Å². The standard InChI is InChI=1S/C12H20N2O2/c1-16-12(15)4-6-13-10-5-8-14-7-2-3-11(14)9-10/h4,6,10-11,13H,2-3,5,7-9H2,1H3/b6-4+. The van der Waals surface area contributed by atoms with Gasteiger partial charge in [-0.25, -0.2) is 4.79 Å². The van der Waals surface area contributed by atoms with Crippen LogP contribution in [0.3, 0.4) is 0 Å². The molecule has 90 valence electrons. The first-order valence-corrected chi connectivity index (χ1v) is 6.04. The van der Waals surface area contributed by atoms with Crippen molar-refractivity contribution in [2.24, 2.45) is 0 Å². The van der Waals surface area contributed by atoms with Crippen LogP contribution in [0.2, 0.25) is 0 Å². The number of hydrogen-bond acceptors (Lipinski definition) is 4. The summed E-state index contributed by atoms with van der Waals surface area (Å²) in [5.41, 5.74) is 0. The quantitative estimate of drug-likeness (QED) is 0.571. The number of carbonyl (C=O) groups excluding carboxylic acids is 1. The Hall–Kier alpha value is -1.03. The van der Waals surface area contributed by atoms with Crippen molar-refractivity contribution in [1.82, 2.24) is 10.2 Å². The molecule has 2 aliphatic heterocycles. The molecule has 0 aliphatic carbocycles. The molecule has 0 bridgehead atoms. The maximum absolute atomic E-state index is 10.9. The van der Waals surface area contributed by atoms with E-state index in [9.17, 15) is 4.79 Å². The highest BCUT2D eigenvalue weighted by Crippen LogP contribution is 2.26. The Morgan fingerprint density at radius 3 is 3.12 bits per heavy atom. The topological polar surface area (TPSA) is 41.6 Å². The van der Waals surface area contributed by atoms with Crippen LogP contribution in [-0.2, 0) is 9.53 Å². The summed E-state index contributed by atoms with van der Waals surface area (Å²) in [4.78, 5) is 13.5. The third kappa shape index (κ3) is 2.76. The second kappa shape index (κ2) is 5.34. The highest BCUT2D eigenvalue weighted by molar-refractivity contribution is 5.81. The van der Waals surface area contributed by atoms with E-state index in [4.69, 9.17) is 0 Å². The van der Waals surface area contributed by atoms with Crippen molar-refractivity contribution in [3.05, 3.63) is 12.3 Å². The summed E-state index contributed by atoms with van der Waals surface area (Å²) in [6, 6.07) is 1.28. The summed E-state index contributed by atoms with van der Waals surface area (Å²) < 4.78 is 4.53. The number of ether oxygens (including phenoxy) is 1. The number of carbonyl (C=O) groups is 1. The van der Waals surface area contributed by atoms with E-state index < -0.39 is 0 Å². The van der Waals surface area contributed by atoms with Crippen molar-refractivity contribution < 1.29 is 9.53 Å². The third-order valence-electron chi connectivity index (χ3n) is 3.57. The molecular weight excluding hydrogens is 204 g/mol. The van der Waals surface area contributed by atoms with Crippen LogP contribution >= 0.6 is 0 Å². The number of methoxy groups -OCH3 is 1. The van der Waals surface area contributed by atoms with Gasteiger partial charge < -0.3 is 15.0 Å². The predicted octanol–water partition coefficient (Wildman–Crippen LogP) is 0.889. The van der Waals surface area contributed by atoms with Gasteiger partial charge in [-0.05, 0) is 32.2 Å². The monoisotopic (exact) mass is 224 g/mol. The number of nitrogens with zero attached hydrogens (tertiary/aromatic N) is 1. The van der Waals surface area contributed by atoms with Crippen molar-refractivity contribution in [3.63, 3.8) is 0 Å². The zero-order valence-corrected chi connectivity index (χ0v) is 9.82. The van der Waals surface area contributed by atoms with Crippen molar-refractivity contribution >= 4 is 5.97 Å². The summed E-state index contributed by atoms with van der Waals surface area (Å²) in [7, 11) is 1.39. The van der Waals surface area contributed by atoms with Crippen LogP contribution in [0.15, 0.2) is 12.3 Å². The van der Waals surface area contributed by atoms with Crippen LogP contribution in [0.1, 0.15) is 25.7 Å². The third-order valence-corrected chi connectivity index (χ3v) is 3.57. The van der Waals surface area contributed by atoms with Crippen LogP contribution in [0.25, 0.3) is 0 Å². The van der Waals surface area contributed by atoms with E-state index in [0.29, 0.717) is 6.04 Å². The lowest BCUT2D eigenvalue weighted by Crippen LogP contribution is -2.44. The fourth-order valence-electron chi connectivity index (χ4n) is 2.70. The second-order valence-corrected chi connectivity index (χ2v) is 4.58. The van der Waals surface area contributed by atoms with Gasteiger partial charge in [0.25, 0.3) is 0 Å². The minimum absolute atomic E-state index is 0.300. The lowest BCUT2D eigenvalue weighted by Gasteiger charge is -2.34. The first-order valence-electron chi connectivity index (χ1n) is 6.04.